The summed E-state index contributed by atoms with van der Waals surface area (Å²) in [5.41, 5.74) is 1.10. The summed E-state index contributed by atoms with van der Waals surface area (Å²) in [6, 6.07) is 13.5. The maximum absolute atomic E-state index is 12.6. The molecule has 4 heteroatoms. The molecule has 100 valence electrons. The van der Waals surface area contributed by atoms with Crippen LogP contribution in [-0.2, 0) is 4.87 Å². The number of fused-ring (bicyclic) bond motifs is 1. The Hall–Kier alpha value is -2.13. The predicted octanol–water partition coefficient (Wildman–Crippen LogP) is 3.21. The van der Waals surface area contributed by atoms with E-state index in [-0.39, 0.29) is 0 Å². The zero-order valence-electron chi connectivity index (χ0n) is 10.7. The lowest BCUT2D eigenvalue weighted by molar-refractivity contribution is 0.0859. The molecule has 0 aliphatic heterocycles. The van der Waals surface area contributed by atoms with E-state index in [2.05, 4.69) is 0 Å². The fraction of sp³-hybridized carbons (Fsp3) is 0.125. The molecule has 2 aromatic carbocycles. The fourth-order valence-electron chi connectivity index (χ4n) is 2.53. The third-order valence-corrected chi connectivity index (χ3v) is 4.07. The Balaban J connectivity index is 2.25. The molecule has 3 rings (SSSR count). The number of hydrogen-bond donors (Lipinski definition) is 0. The van der Waals surface area contributed by atoms with Crippen molar-refractivity contribution >= 4 is 23.2 Å². The summed E-state index contributed by atoms with van der Waals surface area (Å²) in [5.74, 6) is -0.370. The van der Waals surface area contributed by atoms with Gasteiger partial charge in [-0.05, 0) is 6.07 Å². The molecule has 20 heavy (non-hydrogen) atoms. The van der Waals surface area contributed by atoms with Crippen LogP contribution < -0.4 is 4.74 Å². The minimum absolute atomic E-state index is 0.360. The normalized spacial score (nSPS) is 16.1. The summed E-state index contributed by atoms with van der Waals surface area (Å²) >= 11 is 6.47. The van der Waals surface area contributed by atoms with Crippen LogP contribution in [0.25, 0.3) is 0 Å². The lowest BCUT2D eigenvalue weighted by atomic mass is 9.92. The first kappa shape index (κ1) is 12.9. The van der Waals surface area contributed by atoms with E-state index in [0.717, 1.165) is 0 Å². The predicted molar refractivity (Wildman–Crippen MR) is 75.6 cm³/mol. The number of carbonyl (C=O) groups is 2. The molecule has 0 fully saturated rings. The lowest BCUT2D eigenvalue weighted by Gasteiger charge is -2.20. The lowest BCUT2D eigenvalue weighted by Crippen LogP contribution is -2.32. The Kier molecular flexibility index (Phi) is 2.87. The van der Waals surface area contributed by atoms with E-state index in [1.54, 1.807) is 48.5 Å². The Bertz CT molecular complexity index is 686. The standard InChI is InChI=1S/C16H11ClO3/c1-20-13-9-5-4-8-12(13)16(17)14(18)10-6-2-3-7-11(10)15(16)19/h2-9H,1H3. The van der Waals surface area contributed by atoms with Gasteiger partial charge in [0.15, 0.2) is 16.4 Å². The van der Waals surface area contributed by atoms with Crippen molar-refractivity contribution < 1.29 is 14.3 Å². The first-order valence-electron chi connectivity index (χ1n) is 6.11. The maximum atomic E-state index is 12.6. The number of benzene rings is 2. The van der Waals surface area contributed by atoms with Gasteiger partial charge in [0.1, 0.15) is 5.75 Å². The quantitative estimate of drug-likeness (QED) is 0.629. The Morgan fingerprint density at radius 2 is 1.40 bits per heavy atom. The number of methoxy groups -OCH3 is 1. The molecule has 0 amide bonds. The van der Waals surface area contributed by atoms with Crippen LogP contribution in [-0.4, -0.2) is 18.7 Å². The van der Waals surface area contributed by atoms with Gasteiger partial charge in [0.05, 0.1) is 7.11 Å². The number of alkyl halides is 1. The van der Waals surface area contributed by atoms with Gasteiger partial charge in [-0.1, -0.05) is 54.1 Å². The molecule has 0 heterocycles. The highest BCUT2D eigenvalue weighted by Crippen LogP contribution is 2.45. The van der Waals surface area contributed by atoms with Crippen molar-refractivity contribution in [2.75, 3.05) is 7.11 Å². The second kappa shape index (κ2) is 4.46. The number of ketones is 2. The van der Waals surface area contributed by atoms with Crippen LogP contribution in [0.1, 0.15) is 26.3 Å². The molecule has 0 unspecified atom stereocenters. The average molecular weight is 287 g/mol. The smallest absolute Gasteiger partial charge is 0.198 e. The average Bonchev–Trinajstić information content (AvgIpc) is 2.70. The summed E-state index contributed by atoms with van der Waals surface area (Å²) < 4.78 is 5.23. The van der Waals surface area contributed by atoms with E-state index in [1.807, 2.05) is 0 Å². The van der Waals surface area contributed by atoms with Gasteiger partial charge >= 0.3 is 0 Å². The van der Waals surface area contributed by atoms with E-state index < -0.39 is 16.4 Å². The summed E-state index contributed by atoms with van der Waals surface area (Å²) in [6.45, 7) is 0. The summed E-state index contributed by atoms with van der Waals surface area (Å²) in [5, 5.41) is 0. The number of Topliss-reactive ketones (excluding diaryl/α,β-unsaturated/α-hetero) is 2. The highest BCUT2D eigenvalue weighted by Gasteiger charge is 2.54. The number of halogens is 1. The van der Waals surface area contributed by atoms with Gasteiger partial charge in [0.25, 0.3) is 0 Å². The van der Waals surface area contributed by atoms with E-state index in [0.29, 0.717) is 22.4 Å². The number of carbonyl (C=O) groups excluding carboxylic acids is 2. The summed E-state index contributed by atoms with van der Waals surface area (Å²) in [6.07, 6.45) is 0. The third-order valence-electron chi connectivity index (χ3n) is 3.52. The molecular formula is C16H11ClO3. The van der Waals surface area contributed by atoms with Crippen molar-refractivity contribution in [1.29, 1.82) is 0 Å². The van der Waals surface area contributed by atoms with Gasteiger partial charge in [-0.2, -0.15) is 0 Å². The molecule has 1 aliphatic rings. The molecule has 0 aromatic heterocycles. The molecule has 0 radical (unpaired) electrons. The van der Waals surface area contributed by atoms with E-state index in [1.165, 1.54) is 7.11 Å². The van der Waals surface area contributed by atoms with Crippen LogP contribution >= 0.6 is 11.6 Å². The topological polar surface area (TPSA) is 43.4 Å². The van der Waals surface area contributed by atoms with Crippen molar-refractivity contribution in [3.8, 4) is 5.75 Å². The maximum Gasteiger partial charge on any atom is 0.198 e. The van der Waals surface area contributed by atoms with Crippen LogP contribution in [0.2, 0.25) is 0 Å². The van der Waals surface area contributed by atoms with Crippen LogP contribution in [0.3, 0.4) is 0 Å². The molecule has 2 aromatic rings. The number of rotatable bonds is 2. The molecular weight excluding hydrogens is 276 g/mol. The molecule has 0 saturated carbocycles. The van der Waals surface area contributed by atoms with Crippen molar-refractivity contribution in [1.82, 2.24) is 0 Å². The molecule has 0 bridgehead atoms. The first-order chi connectivity index (χ1) is 9.60. The van der Waals surface area contributed by atoms with Gasteiger partial charge in [-0.25, -0.2) is 0 Å². The van der Waals surface area contributed by atoms with Crippen molar-refractivity contribution in [2.24, 2.45) is 0 Å². The molecule has 0 saturated heterocycles. The van der Waals surface area contributed by atoms with E-state index in [4.69, 9.17) is 16.3 Å². The largest absolute Gasteiger partial charge is 0.496 e. The van der Waals surface area contributed by atoms with Gasteiger partial charge in [-0.15, -0.1) is 0 Å². The molecule has 3 nitrogen and oxygen atoms in total. The van der Waals surface area contributed by atoms with Crippen molar-refractivity contribution in [3.05, 3.63) is 65.2 Å². The van der Waals surface area contributed by atoms with Crippen molar-refractivity contribution in [3.63, 3.8) is 0 Å². The van der Waals surface area contributed by atoms with Crippen LogP contribution in [0.15, 0.2) is 48.5 Å². The second-order valence-corrected chi connectivity index (χ2v) is 5.13. The minimum atomic E-state index is -1.73. The molecule has 0 N–H and O–H groups in total. The monoisotopic (exact) mass is 286 g/mol. The second-order valence-electron chi connectivity index (χ2n) is 4.56. The van der Waals surface area contributed by atoms with Gasteiger partial charge in [0, 0.05) is 16.7 Å². The Morgan fingerprint density at radius 3 is 1.95 bits per heavy atom. The fourth-order valence-corrected chi connectivity index (χ4v) is 2.89. The summed E-state index contributed by atoms with van der Waals surface area (Å²) in [7, 11) is 1.48. The van der Waals surface area contributed by atoms with E-state index >= 15 is 0 Å². The zero-order valence-corrected chi connectivity index (χ0v) is 11.5. The highest BCUT2D eigenvalue weighted by molar-refractivity contribution is 6.54. The van der Waals surface area contributed by atoms with Crippen LogP contribution in [0.5, 0.6) is 5.75 Å². The van der Waals surface area contributed by atoms with Gasteiger partial charge in [0.2, 0.25) is 0 Å². The highest BCUT2D eigenvalue weighted by atomic mass is 35.5. The number of hydrogen-bond acceptors (Lipinski definition) is 3. The number of ether oxygens (including phenoxy) is 1. The molecule has 0 spiro atoms. The zero-order chi connectivity index (χ0) is 14.3. The van der Waals surface area contributed by atoms with Gasteiger partial charge < -0.3 is 4.74 Å². The van der Waals surface area contributed by atoms with Crippen molar-refractivity contribution in [2.45, 2.75) is 4.87 Å². The van der Waals surface area contributed by atoms with E-state index in [9.17, 15) is 9.59 Å². The third kappa shape index (κ3) is 1.53. The van der Waals surface area contributed by atoms with Crippen LogP contribution in [0.4, 0.5) is 0 Å². The summed E-state index contributed by atoms with van der Waals surface area (Å²) in [4.78, 5) is 23.5. The Morgan fingerprint density at radius 1 is 0.900 bits per heavy atom. The SMILES string of the molecule is COc1ccccc1C1(Cl)C(=O)c2ccccc2C1=O. The molecule has 1 aliphatic carbocycles. The Labute approximate surface area is 121 Å². The first-order valence-corrected chi connectivity index (χ1v) is 6.49. The number of para-hydroxylation sites is 1. The van der Waals surface area contributed by atoms with Crippen LogP contribution in [0, 0.1) is 0 Å². The van der Waals surface area contributed by atoms with Gasteiger partial charge in [-0.3, -0.25) is 9.59 Å². The molecule has 0 atom stereocenters. The minimum Gasteiger partial charge on any atom is -0.496 e.